The lowest BCUT2D eigenvalue weighted by molar-refractivity contribution is -0.166. The second-order valence-electron chi connectivity index (χ2n) is 11.8. The molecule has 0 amide bonds. The maximum atomic E-state index is 14.3. The van der Waals surface area contributed by atoms with Crippen LogP contribution in [-0.2, 0) is 35.3 Å². The predicted molar refractivity (Wildman–Crippen MR) is 140 cm³/mol. The van der Waals surface area contributed by atoms with Crippen LogP contribution in [0.5, 0.6) is 5.75 Å². The maximum absolute atomic E-state index is 14.3. The first-order chi connectivity index (χ1) is 16.4. The summed E-state index contributed by atoms with van der Waals surface area (Å²) in [4.78, 5) is 42.1. The SMILES string of the molecule is CC(C)OC(=O)C(C(=O)OC(C)C)(C(=O)c1ccccc1)c1cc(C(C)(C)C)c(O)c(C(C)(C)C)c1. The third-order valence-corrected chi connectivity index (χ3v) is 5.83. The van der Waals surface area contributed by atoms with Gasteiger partial charge >= 0.3 is 11.9 Å². The largest absolute Gasteiger partial charge is 0.507 e. The topological polar surface area (TPSA) is 89.9 Å². The first-order valence-corrected chi connectivity index (χ1v) is 12.3. The maximum Gasteiger partial charge on any atom is 0.336 e. The number of esters is 2. The van der Waals surface area contributed by atoms with E-state index in [1.165, 1.54) is 0 Å². The van der Waals surface area contributed by atoms with Crippen molar-refractivity contribution >= 4 is 17.7 Å². The van der Waals surface area contributed by atoms with Gasteiger partial charge in [0.15, 0.2) is 5.78 Å². The van der Waals surface area contributed by atoms with Gasteiger partial charge in [0.1, 0.15) is 5.75 Å². The van der Waals surface area contributed by atoms with Crippen LogP contribution in [0, 0.1) is 0 Å². The highest BCUT2D eigenvalue weighted by molar-refractivity contribution is 6.30. The average molecular weight is 497 g/mol. The molecule has 0 atom stereocenters. The van der Waals surface area contributed by atoms with Crippen LogP contribution in [0.1, 0.15) is 96.3 Å². The summed E-state index contributed by atoms with van der Waals surface area (Å²) in [5, 5.41) is 11.3. The van der Waals surface area contributed by atoms with Gasteiger partial charge in [-0.25, -0.2) is 9.59 Å². The third kappa shape index (κ3) is 5.80. The number of aromatic hydroxyl groups is 1. The molecular formula is C30H40O6. The molecule has 36 heavy (non-hydrogen) atoms. The van der Waals surface area contributed by atoms with E-state index < -0.39 is 46.2 Å². The molecule has 6 nitrogen and oxygen atoms in total. The molecule has 0 heterocycles. The Hall–Kier alpha value is -3.15. The average Bonchev–Trinajstić information content (AvgIpc) is 2.72. The highest BCUT2D eigenvalue weighted by atomic mass is 16.6. The molecule has 2 aromatic carbocycles. The summed E-state index contributed by atoms with van der Waals surface area (Å²) in [6.07, 6.45) is -1.18. The number of carbonyl (C=O) groups excluding carboxylic acids is 3. The fourth-order valence-corrected chi connectivity index (χ4v) is 4.04. The smallest absolute Gasteiger partial charge is 0.336 e. The van der Waals surface area contributed by atoms with Crippen LogP contribution in [0.2, 0.25) is 0 Å². The van der Waals surface area contributed by atoms with E-state index in [0.29, 0.717) is 11.1 Å². The molecule has 0 aliphatic rings. The van der Waals surface area contributed by atoms with Crippen molar-refractivity contribution in [2.45, 2.75) is 97.7 Å². The van der Waals surface area contributed by atoms with Crippen LogP contribution >= 0.6 is 0 Å². The highest BCUT2D eigenvalue weighted by Crippen LogP contribution is 2.44. The Morgan fingerprint density at radius 2 is 1.11 bits per heavy atom. The lowest BCUT2D eigenvalue weighted by Crippen LogP contribution is -2.53. The van der Waals surface area contributed by atoms with Gasteiger partial charge in [-0.15, -0.1) is 0 Å². The van der Waals surface area contributed by atoms with E-state index in [-0.39, 0.29) is 16.9 Å². The Balaban J connectivity index is 3.12. The first-order valence-electron chi connectivity index (χ1n) is 12.3. The Kier molecular flexibility index (Phi) is 8.44. The van der Waals surface area contributed by atoms with Gasteiger partial charge in [-0.1, -0.05) is 71.9 Å². The number of ether oxygens (including phenoxy) is 2. The van der Waals surface area contributed by atoms with Crippen LogP contribution in [0.15, 0.2) is 42.5 Å². The number of hydrogen-bond donors (Lipinski definition) is 1. The molecule has 6 heteroatoms. The number of carbonyl (C=O) groups is 3. The van der Waals surface area contributed by atoms with Gasteiger partial charge in [-0.3, -0.25) is 4.79 Å². The monoisotopic (exact) mass is 496 g/mol. The van der Waals surface area contributed by atoms with E-state index in [1.807, 2.05) is 41.5 Å². The zero-order valence-electron chi connectivity index (χ0n) is 23.2. The van der Waals surface area contributed by atoms with Crippen molar-refractivity contribution in [1.82, 2.24) is 0 Å². The van der Waals surface area contributed by atoms with Crippen molar-refractivity contribution in [3.63, 3.8) is 0 Å². The summed E-state index contributed by atoms with van der Waals surface area (Å²) in [6.45, 7) is 18.1. The zero-order valence-corrected chi connectivity index (χ0v) is 23.2. The Morgan fingerprint density at radius 3 is 1.44 bits per heavy atom. The molecular weight excluding hydrogens is 456 g/mol. The summed E-state index contributed by atoms with van der Waals surface area (Å²) in [6, 6.07) is 11.3. The van der Waals surface area contributed by atoms with Crippen molar-refractivity contribution in [3.8, 4) is 5.75 Å². The summed E-state index contributed by atoms with van der Waals surface area (Å²) in [5.74, 6) is -2.70. The minimum Gasteiger partial charge on any atom is -0.507 e. The number of phenols is 1. The van der Waals surface area contributed by atoms with Gasteiger partial charge in [-0.2, -0.15) is 0 Å². The number of hydrogen-bond acceptors (Lipinski definition) is 6. The number of ketones is 1. The molecule has 0 aromatic heterocycles. The number of benzene rings is 2. The minimum absolute atomic E-state index is 0.0641. The first kappa shape index (κ1) is 29.1. The molecule has 0 fully saturated rings. The molecule has 0 saturated carbocycles. The van der Waals surface area contributed by atoms with Gasteiger partial charge in [0.25, 0.3) is 5.41 Å². The second-order valence-corrected chi connectivity index (χ2v) is 11.8. The fourth-order valence-electron chi connectivity index (χ4n) is 4.04. The van der Waals surface area contributed by atoms with Crippen LogP contribution in [0.25, 0.3) is 0 Å². The Bertz CT molecular complexity index is 1060. The Labute approximate surface area is 215 Å². The van der Waals surface area contributed by atoms with Crippen molar-refractivity contribution in [3.05, 3.63) is 64.7 Å². The second kappa shape index (κ2) is 10.5. The predicted octanol–water partition coefficient (Wildman–Crippen LogP) is 6.01. The van der Waals surface area contributed by atoms with Crippen molar-refractivity contribution in [2.75, 3.05) is 0 Å². The Morgan fingerprint density at radius 1 is 0.722 bits per heavy atom. The zero-order chi connectivity index (χ0) is 27.6. The molecule has 2 rings (SSSR count). The van der Waals surface area contributed by atoms with E-state index >= 15 is 0 Å². The van der Waals surface area contributed by atoms with Crippen molar-refractivity contribution < 1.29 is 29.0 Å². The van der Waals surface area contributed by atoms with Crippen LogP contribution in [-0.4, -0.2) is 35.0 Å². The quantitative estimate of drug-likeness (QED) is 0.287. The number of phenolic OH excluding ortho intramolecular Hbond substituents is 1. The van der Waals surface area contributed by atoms with Gasteiger partial charge in [0, 0.05) is 5.56 Å². The summed E-state index contributed by atoms with van der Waals surface area (Å²) < 4.78 is 11.1. The van der Waals surface area contributed by atoms with E-state index in [1.54, 1.807) is 70.2 Å². The van der Waals surface area contributed by atoms with Crippen LogP contribution in [0.3, 0.4) is 0 Å². The molecule has 0 unspecified atom stereocenters. The molecule has 0 saturated heterocycles. The normalized spacial score (nSPS) is 12.6. The molecule has 0 spiro atoms. The van der Waals surface area contributed by atoms with E-state index in [2.05, 4.69) is 0 Å². The van der Waals surface area contributed by atoms with E-state index in [4.69, 9.17) is 9.47 Å². The van der Waals surface area contributed by atoms with Gasteiger partial charge in [0.05, 0.1) is 12.2 Å². The molecule has 196 valence electrons. The summed E-state index contributed by atoms with van der Waals surface area (Å²) in [7, 11) is 0. The van der Waals surface area contributed by atoms with Gasteiger partial charge < -0.3 is 14.6 Å². The lowest BCUT2D eigenvalue weighted by atomic mass is 9.69. The highest BCUT2D eigenvalue weighted by Gasteiger charge is 2.58. The minimum atomic E-state index is -2.43. The van der Waals surface area contributed by atoms with Crippen molar-refractivity contribution in [1.29, 1.82) is 0 Å². The van der Waals surface area contributed by atoms with Gasteiger partial charge in [-0.05, 0) is 67.3 Å². The molecule has 0 aliphatic heterocycles. The summed E-state index contributed by atoms with van der Waals surface area (Å²) in [5.41, 5.74) is -2.27. The molecule has 0 aliphatic carbocycles. The molecule has 0 radical (unpaired) electrons. The standard InChI is InChI=1S/C30H40O6/c1-18(2)35-26(33)30(27(34)36-19(3)4,25(32)20-14-12-11-13-15-20)21-16-22(28(5,6)7)24(31)23(17-21)29(8,9)10/h11-19,31H,1-10H3. The van der Waals surface area contributed by atoms with E-state index in [9.17, 15) is 19.5 Å². The molecule has 2 aromatic rings. The molecule has 0 bridgehead atoms. The molecule has 1 N–H and O–H groups in total. The summed E-state index contributed by atoms with van der Waals surface area (Å²) >= 11 is 0. The third-order valence-electron chi connectivity index (χ3n) is 5.83. The van der Waals surface area contributed by atoms with Crippen LogP contribution in [0.4, 0.5) is 0 Å². The van der Waals surface area contributed by atoms with Gasteiger partial charge in [0.2, 0.25) is 0 Å². The number of rotatable bonds is 7. The fraction of sp³-hybridized carbons (Fsp3) is 0.500. The van der Waals surface area contributed by atoms with Crippen LogP contribution < -0.4 is 0 Å². The van der Waals surface area contributed by atoms with Crippen molar-refractivity contribution in [2.24, 2.45) is 0 Å². The number of Topliss-reactive ketones (excluding diaryl/α,β-unsaturated/α-hetero) is 1. The lowest BCUT2D eigenvalue weighted by Gasteiger charge is -2.34. The van der Waals surface area contributed by atoms with E-state index in [0.717, 1.165) is 0 Å².